The molecule has 4 rings (SSSR count). The minimum atomic E-state index is -4.07. The Hall–Kier alpha value is -3.69. The van der Waals surface area contributed by atoms with Crippen LogP contribution in [0.4, 0.5) is 0 Å². The van der Waals surface area contributed by atoms with Gasteiger partial charge in [0.15, 0.2) is 0 Å². The zero-order valence-electron chi connectivity index (χ0n) is 22.4. The third-order valence-corrected chi connectivity index (χ3v) is 9.22. The summed E-state index contributed by atoms with van der Waals surface area (Å²) in [6.07, 6.45) is 0.648. The normalized spacial score (nSPS) is 15.3. The van der Waals surface area contributed by atoms with Crippen molar-refractivity contribution in [2.24, 2.45) is 0 Å². The minimum absolute atomic E-state index is 0.0326. The summed E-state index contributed by atoms with van der Waals surface area (Å²) in [4.78, 5) is 41.7. The van der Waals surface area contributed by atoms with E-state index in [4.69, 9.17) is 11.6 Å². The zero-order valence-corrected chi connectivity index (χ0v) is 24.0. The van der Waals surface area contributed by atoms with Crippen LogP contribution in [0, 0.1) is 0 Å². The summed E-state index contributed by atoms with van der Waals surface area (Å²) in [7, 11) is -4.07. The number of benzene rings is 3. The molecular formula is C30H32ClN3O5S. The number of hydrogen-bond acceptors (Lipinski definition) is 5. The number of halogens is 1. The van der Waals surface area contributed by atoms with E-state index < -0.39 is 27.9 Å². The second-order valence-corrected chi connectivity index (χ2v) is 12.0. The van der Waals surface area contributed by atoms with Crippen molar-refractivity contribution in [2.45, 2.75) is 56.6 Å². The van der Waals surface area contributed by atoms with Gasteiger partial charge >= 0.3 is 0 Å². The molecule has 1 N–H and O–H groups in total. The number of amides is 3. The second-order valence-electron chi connectivity index (χ2n) is 9.76. The first kappa shape index (κ1) is 29.3. The second kappa shape index (κ2) is 12.7. The van der Waals surface area contributed by atoms with Crippen LogP contribution in [0.2, 0.25) is 5.02 Å². The molecule has 10 heteroatoms. The van der Waals surface area contributed by atoms with E-state index >= 15 is 0 Å². The number of nitrogens with one attached hydrogen (secondary N) is 1. The molecule has 3 amide bonds. The van der Waals surface area contributed by atoms with E-state index in [1.54, 1.807) is 36.4 Å². The first-order chi connectivity index (χ1) is 19.1. The van der Waals surface area contributed by atoms with Gasteiger partial charge in [0.05, 0.1) is 5.56 Å². The van der Waals surface area contributed by atoms with Crippen LogP contribution >= 0.6 is 11.6 Å². The number of sulfonamides is 1. The van der Waals surface area contributed by atoms with Gasteiger partial charge in [-0.3, -0.25) is 14.4 Å². The van der Waals surface area contributed by atoms with Gasteiger partial charge in [0.1, 0.15) is 10.9 Å². The molecule has 1 aliphatic heterocycles. The molecule has 0 saturated heterocycles. The van der Waals surface area contributed by atoms with Crippen molar-refractivity contribution in [3.63, 3.8) is 0 Å². The summed E-state index contributed by atoms with van der Waals surface area (Å²) in [6, 6.07) is 21.4. The Balaban J connectivity index is 1.65. The fraction of sp³-hybridized carbons (Fsp3) is 0.300. The number of carbonyl (C=O) groups is 3. The van der Waals surface area contributed by atoms with Crippen LogP contribution in [0.5, 0.6) is 0 Å². The molecule has 1 heterocycles. The summed E-state index contributed by atoms with van der Waals surface area (Å²) in [5.74, 6) is -1.47. The highest BCUT2D eigenvalue weighted by Gasteiger charge is 2.41. The summed E-state index contributed by atoms with van der Waals surface area (Å²) >= 11 is 6.44. The molecule has 40 heavy (non-hydrogen) atoms. The number of hydrogen-bond donors (Lipinski definition) is 1. The highest BCUT2D eigenvalue weighted by molar-refractivity contribution is 7.90. The first-order valence-corrected chi connectivity index (χ1v) is 15.0. The molecule has 0 spiro atoms. The van der Waals surface area contributed by atoms with Gasteiger partial charge in [-0.1, -0.05) is 79.2 Å². The van der Waals surface area contributed by atoms with Crippen LogP contribution in [-0.4, -0.2) is 54.0 Å². The van der Waals surface area contributed by atoms with Gasteiger partial charge in [-0.25, -0.2) is 12.7 Å². The average molecular weight is 582 g/mol. The Bertz CT molecular complexity index is 1500. The Kier molecular flexibility index (Phi) is 9.27. The van der Waals surface area contributed by atoms with Gasteiger partial charge < -0.3 is 10.2 Å². The summed E-state index contributed by atoms with van der Waals surface area (Å²) in [6.45, 7) is 3.53. The maximum Gasteiger partial charge on any atom is 0.269 e. The van der Waals surface area contributed by atoms with Crippen molar-refractivity contribution in [3.05, 3.63) is 101 Å². The predicted molar refractivity (Wildman–Crippen MR) is 153 cm³/mol. The number of nitrogens with zero attached hydrogens (tertiary/aromatic N) is 2. The SMILES string of the molecule is CC[C@@H](C)NC(=O)[C@H](Cc1ccccc1)N(Cc1ccccc1Cl)C(=O)CCN1C(=O)c2ccccc2S1(=O)=O. The fourth-order valence-corrected chi connectivity index (χ4v) is 6.36. The van der Waals surface area contributed by atoms with E-state index in [1.165, 1.54) is 17.0 Å². The van der Waals surface area contributed by atoms with Crippen LogP contribution in [0.25, 0.3) is 0 Å². The number of fused-ring (bicyclic) bond motifs is 1. The molecular weight excluding hydrogens is 550 g/mol. The summed E-state index contributed by atoms with van der Waals surface area (Å²) < 4.78 is 26.8. The Morgan fingerprint density at radius 3 is 2.30 bits per heavy atom. The van der Waals surface area contributed by atoms with E-state index in [1.807, 2.05) is 44.2 Å². The van der Waals surface area contributed by atoms with Crippen LogP contribution in [-0.2, 0) is 32.6 Å². The molecule has 3 aromatic rings. The summed E-state index contributed by atoms with van der Waals surface area (Å²) in [5.41, 5.74) is 1.58. The van der Waals surface area contributed by atoms with Crippen molar-refractivity contribution in [2.75, 3.05) is 6.54 Å². The molecule has 0 unspecified atom stereocenters. The third kappa shape index (κ3) is 6.37. The maximum absolute atomic E-state index is 13.9. The van der Waals surface area contributed by atoms with Crippen molar-refractivity contribution < 1.29 is 22.8 Å². The quantitative estimate of drug-likeness (QED) is 0.361. The largest absolute Gasteiger partial charge is 0.352 e. The Morgan fingerprint density at radius 1 is 0.975 bits per heavy atom. The van der Waals surface area contributed by atoms with E-state index in [-0.39, 0.29) is 48.3 Å². The maximum atomic E-state index is 13.9. The molecule has 8 nitrogen and oxygen atoms in total. The van der Waals surface area contributed by atoms with Gasteiger partial charge in [0.2, 0.25) is 11.8 Å². The molecule has 1 aliphatic rings. The molecule has 0 bridgehead atoms. The monoisotopic (exact) mass is 581 g/mol. The molecule has 0 fully saturated rings. The molecule has 2 atom stereocenters. The predicted octanol–water partition coefficient (Wildman–Crippen LogP) is 4.43. The zero-order chi connectivity index (χ0) is 28.9. The standard InChI is InChI=1S/C30H32ClN3O5S/c1-3-21(2)32-29(36)26(19-22-11-5-4-6-12-22)33(20-23-13-7-9-15-25(23)31)28(35)17-18-34-30(37)24-14-8-10-16-27(24)40(34,38)39/h4-16,21,26H,3,17-20H2,1-2H3,(H,32,36)/t21-,26+/m1/s1. The lowest BCUT2D eigenvalue weighted by Gasteiger charge is -2.33. The molecule has 210 valence electrons. The van der Waals surface area contributed by atoms with Gasteiger partial charge in [0.25, 0.3) is 15.9 Å². The topological polar surface area (TPSA) is 104 Å². The van der Waals surface area contributed by atoms with Crippen LogP contribution < -0.4 is 5.32 Å². The van der Waals surface area contributed by atoms with Crippen LogP contribution in [0.1, 0.15) is 48.2 Å². The van der Waals surface area contributed by atoms with E-state index in [9.17, 15) is 22.8 Å². The summed E-state index contributed by atoms with van der Waals surface area (Å²) in [5, 5.41) is 3.43. The van der Waals surface area contributed by atoms with Crippen LogP contribution in [0.15, 0.2) is 83.8 Å². The van der Waals surface area contributed by atoms with Gasteiger partial charge in [-0.2, -0.15) is 0 Å². The minimum Gasteiger partial charge on any atom is -0.352 e. The van der Waals surface area contributed by atoms with E-state index in [0.717, 1.165) is 9.87 Å². The smallest absolute Gasteiger partial charge is 0.269 e. The lowest BCUT2D eigenvalue weighted by Crippen LogP contribution is -2.52. The average Bonchev–Trinajstić information content (AvgIpc) is 3.15. The fourth-order valence-electron chi connectivity index (χ4n) is 4.60. The van der Waals surface area contributed by atoms with Crippen molar-refractivity contribution in [1.29, 1.82) is 0 Å². The van der Waals surface area contributed by atoms with Crippen LogP contribution in [0.3, 0.4) is 0 Å². The first-order valence-electron chi connectivity index (χ1n) is 13.2. The van der Waals surface area contributed by atoms with E-state index in [2.05, 4.69) is 5.32 Å². The highest BCUT2D eigenvalue weighted by Crippen LogP contribution is 2.30. The molecule has 0 aromatic heterocycles. The molecule has 3 aromatic carbocycles. The number of carbonyl (C=O) groups excluding carboxylic acids is 3. The van der Waals surface area contributed by atoms with Crippen molar-refractivity contribution in [3.8, 4) is 0 Å². The highest BCUT2D eigenvalue weighted by atomic mass is 35.5. The number of rotatable bonds is 11. The lowest BCUT2D eigenvalue weighted by molar-refractivity contribution is -0.141. The van der Waals surface area contributed by atoms with Crippen molar-refractivity contribution in [1.82, 2.24) is 14.5 Å². The van der Waals surface area contributed by atoms with Gasteiger partial charge in [-0.05, 0) is 42.7 Å². The lowest BCUT2D eigenvalue weighted by atomic mass is 10.0. The molecule has 0 radical (unpaired) electrons. The molecule has 0 saturated carbocycles. The Labute approximate surface area is 240 Å². The van der Waals surface area contributed by atoms with E-state index in [0.29, 0.717) is 17.0 Å². The Morgan fingerprint density at radius 2 is 1.62 bits per heavy atom. The van der Waals surface area contributed by atoms with Gasteiger partial charge in [0, 0.05) is 37.0 Å². The van der Waals surface area contributed by atoms with Gasteiger partial charge in [-0.15, -0.1) is 0 Å². The molecule has 0 aliphatic carbocycles. The third-order valence-electron chi connectivity index (χ3n) is 7.01. The van der Waals surface area contributed by atoms with Crippen molar-refractivity contribution >= 4 is 39.3 Å².